The van der Waals surface area contributed by atoms with E-state index in [-0.39, 0.29) is 30.2 Å². The number of halogens is 1. The van der Waals surface area contributed by atoms with Crippen LogP contribution < -0.4 is 20.7 Å². The molecule has 1 aliphatic heterocycles. The van der Waals surface area contributed by atoms with E-state index in [0.29, 0.717) is 24.1 Å². The topological polar surface area (TPSA) is 105 Å². The number of aryl methyl sites for hydroxylation is 1. The summed E-state index contributed by atoms with van der Waals surface area (Å²) in [7, 11) is 0. The SMILES string of the molecule is Cc1cccc(COc2ccc(C3CC(=O)NC(c4cc(CNC(=O)C(C)C)ccc4Cl)N3)cn2)n1. The number of amides is 2. The Kier molecular flexibility index (Phi) is 8.18. The highest BCUT2D eigenvalue weighted by atomic mass is 35.5. The molecule has 2 aromatic heterocycles. The first-order chi connectivity index (χ1) is 17.3. The maximum atomic E-state index is 12.6. The second kappa shape index (κ2) is 11.5. The maximum absolute atomic E-state index is 12.6. The third kappa shape index (κ3) is 6.59. The van der Waals surface area contributed by atoms with Gasteiger partial charge < -0.3 is 15.4 Å². The van der Waals surface area contributed by atoms with Gasteiger partial charge >= 0.3 is 0 Å². The molecular weight excluding hydrogens is 478 g/mol. The number of ether oxygens (including phenoxy) is 1. The molecule has 188 valence electrons. The van der Waals surface area contributed by atoms with Crippen LogP contribution in [0.15, 0.2) is 54.7 Å². The first-order valence-electron chi connectivity index (χ1n) is 11.9. The van der Waals surface area contributed by atoms with Gasteiger partial charge in [0.05, 0.1) is 5.69 Å². The Hall–Kier alpha value is -3.49. The number of rotatable bonds is 8. The number of nitrogens with one attached hydrogen (secondary N) is 3. The summed E-state index contributed by atoms with van der Waals surface area (Å²) in [4.78, 5) is 33.3. The van der Waals surface area contributed by atoms with Crippen LogP contribution in [0.5, 0.6) is 5.88 Å². The van der Waals surface area contributed by atoms with Crippen molar-refractivity contribution >= 4 is 23.4 Å². The summed E-state index contributed by atoms with van der Waals surface area (Å²) in [5.74, 6) is 0.273. The molecule has 36 heavy (non-hydrogen) atoms. The van der Waals surface area contributed by atoms with Gasteiger partial charge in [0.2, 0.25) is 17.7 Å². The molecule has 4 rings (SSSR count). The van der Waals surface area contributed by atoms with Gasteiger partial charge in [-0.15, -0.1) is 0 Å². The van der Waals surface area contributed by atoms with E-state index >= 15 is 0 Å². The predicted molar refractivity (Wildman–Crippen MR) is 137 cm³/mol. The van der Waals surface area contributed by atoms with Crippen molar-refractivity contribution < 1.29 is 14.3 Å². The van der Waals surface area contributed by atoms with Crippen LogP contribution in [0, 0.1) is 12.8 Å². The van der Waals surface area contributed by atoms with Crippen LogP contribution in [0.25, 0.3) is 0 Å². The monoisotopic (exact) mass is 507 g/mol. The smallest absolute Gasteiger partial charge is 0.223 e. The second-order valence-corrected chi connectivity index (χ2v) is 9.55. The molecule has 3 heterocycles. The summed E-state index contributed by atoms with van der Waals surface area (Å²) in [5, 5.41) is 9.85. The highest BCUT2D eigenvalue weighted by Gasteiger charge is 2.29. The molecule has 3 N–H and O–H groups in total. The van der Waals surface area contributed by atoms with Crippen LogP contribution in [0.1, 0.15) is 60.6 Å². The fourth-order valence-corrected chi connectivity index (χ4v) is 4.14. The van der Waals surface area contributed by atoms with Gasteiger partial charge in [0.25, 0.3) is 0 Å². The van der Waals surface area contributed by atoms with Gasteiger partial charge in [-0.1, -0.05) is 43.6 Å². The van der Waals surface area contributed by atoms with Crippen molar-refractivity contribution in [3.63, 3.8) is 0 Å². The zero-order chi connectivity index (χ0) is 25.7. The van der Waals surface area contributed by atoms with E-state index in [0.717, 1.165) is 28.1 Å². The zero-order valence-corrected chi connectivity index (χ0v) is 21.3. The minimum Gasteiger partial charge on any atom is -0.471 e. The average Bonchev–Trinajstić information content (AvgIpc) is 2.86. The van der Waals surface area contributed by atoms with E-state index in [1.807, 2.05) is 57.2 Å². The van der Waals surface area contributed by atoms with Crippen LogP contribution in [-0.4, -0.2) is 21.8 Å². The standard InChI is InChI=1S/C27H30ClN5O3/c1-16(2)27(35)30-13-18-7-9-22(28)21(11-18)26-32-23(12-24(34)33-26)19-8-10-25(29-14-19)36-15-20-6-4-5-17(3)31-20/h4-11,14,16,23,26,32H,12-13,15H2,1-3H3,(H,30,35)(H,33,34). The van der Waals surface area contributed by atoms with Crippen LogP contribution in [0.2, 0.25) is 5.02 Å². The summed E-state index contributed by atoms with van der Waals surface area (Å²) >= 11 is 6.49. The first kappa shape index (κ1) is 25.6. The number of aromatic nitrogens is 2. The van der Waals surface area contributed by atoms with Crippen molar-refractivity contribution in [2.24, 2.45) is 5.92 Å². The fraction of sp³-hybridized carbons (Fsp3) is 0.333. The Morgan fingerprint density at radius 1 is 1.22 bits per heavy atom. The summed E-state index contributed by atoms with van der Waals surface area (Å²) in [6.07, 6.45) is 1.51. The molecule has 8 nitrogen and oxygen atoms in total. The van der Waals surface area contributed by atoms with Crippen molar-refractivity contribution in [3.8, 4) is 5.88 Å². The van der Waals surface area contributed by atoms with Gasteiger partial charge in [0, 0.05) is 53.5 Å². The summed E-state index contributed by atoms with van der Waals surface area (Å²) < 4.78 is 5.76. The molecule has 0 bridgehead atoms. The largest absolute Gasteiger partial charge is 0.471 e. The van der Waals surface area contributed by atoms with Gasteiger partial charge in [-0.2, -0.15) is 0 Å². The van der Waals surface area contributed by atoms with Gasteiger partial charge in [-0.05, 0) is 42.3 Å². The minimum atomic E-state index is -0.479. The van der Waals surface area contributed by atoms with Crippen LogP contribution in [0.4, 0.5) is 0 Å². The maximum Gasteiger partial charge on any atom is 0.223 e. The number of hydrogen-bond acceptors (Lipinski definition) is 6. The Balaban J connectivity index is 1.43. The van der Waals surface area contributed by atoms with E-state index in [4.69, 9.17) is 16.3 Å². The van der Waals surface area contributed by atoms with Crippen LogP contribution >= 0.6 is 11.6 Å². The average molecular weight is 508 g/mol. The molecular formula is C27H30ClN5O3. The van der Waals surface area contributed by atoms with E-state index in [1.54, 1.807) is 18.3 Å². The second-order valence-electron chi connectivity index (χ2n) is 9.14. The van der Waals surface area contributed by atoms with E-state index in [1.165, 1.54) is 0 Å². The summed E-state index contributed by atoms with van der Waals surface area (Å²) in [5.41, 5.74) is 4.27. The molecule has 0 aliphatic carbocycles. The number of nitrogens with zero attached hydrogens (tertiary/aromatic N) is 2. The van der Waals surface area contributed by atoms with Crippen LogP contribution in [-0.2, 0) is 22.7 Å². The molecule has 0 radical (unpaired) electrons. The lowest BCUT2D eigenvalue weighted by Crippen LogP contribution is -2.46. The summed E-state index contributed by atoms with van der Waals surface area (Å²) in [6.45, 7) is 6.34. The van der Waals surface area contributed by atoms with E-state index in [9.17, 15) is 9.59 Å². The highest BCUT2D eigenvalue weighted by molar-refractivity contribution is 6.31. The molecule has 0 saturated carbocycles. The number of benzene rings is 1. The van der Waals surface area contributed by atoms with Crippen LogP contribution in [0.3, 0.4) is 0 Å². The van der Waals surface area contributed by atoms with Crippen molar-refractivity contribution in [1.82, 2.24) is 25.9 Å². The Morgan fingerprint density at radius 2 is 2.06 bits per heavy atom. The summed E-state index contributed by atoms with van der Waals surface area (Å²) in [6, 6.07) is 14.8. The Morgan fingerprint density at radius 3 is 2.78 bits per heavy atom. The minimum absolute atomic E-state index is 0.0225. The molecule has 9 heteroatoms. The fourth-order valence-electron chi connectivity index (χ4n) is 3.92. The number of carbonyl (C=O) groups excluding carboxylic acids is 2. The number of carbonyl (C=O) groups is 2. The molecule has 0 spiro atoms. The number of hydrogen-bond donors (Lipinski definition) is 3. The molecule has 1 aromatic carbocycles. The van der Waals surface area contributed by atoms with Gasteiger partial charge in [0.15, 0.2) is 0 Å². The van der Waals surface area contributed by atoms with Crippen molar-refractivity contribution in [2.75, 3.05) is 0 Å². The molecule has 2 amide bonds. The molecule has 1 aliphatic rings. The predicted octanol–water partition coefficient (Wildman–Crippen LogP) is 4.14. The van der Waals surface area contributed by atoms with Gasteiger partial charge in [0.1, 0.15) is 12.8 Å². The molecule has 1 saturated heterocycles. The third-order valence-corrected chi connectivity index (χ3v) is 6.24. The zero-order valence-electron chi connectivity index (χ0n) is 20.5. The van der Waals surface area contributed by atoms with Crippen molar-refractivity contribution in [2.45, 2.75) is 52.6 Å². The van der Waals surface area contributed by atoms with Gasteiger partial charge in [-0.3, -0.25) is 19.9 Å². The molecule has 2 atom stereocenters. The quantitative estimate of drug-likeness (QED) is 0.423. The molecule has 3 aromatic rings. The van der Waals surface area contributed by atoms with E-state index < -0.39 is 6.17 Å². The van der Waals surface area contributed by atoms with E-state index in [2.05, 4.69) is 25.9 Å². The lowest BCUT2D eigenvalue weighted by atomic mass is 9.99. The number of pyridine rings is 2. The first-order valence-corrected chi connectivity index (χ1v) is 12.3. The normalized spacial score (nSPS) is 17.5. The molecule has 2 unspecified atom stereocenters. The van der Waals surface area contributed by atoms with Gasteiger partial charge in [-0.25, -0.2) is 4.98 Å². The Bertz CT molecular complexity index is 1230. The third-order valence-electron chi connectivity index (χ3n) is 5.90. The van der Waals surface area contributed by atoms with Crippen molar-refractivity contribution in [3.05, 3.63) is 87.8 Å². The lowest BCUT2D eigenvalue weighted by molar-refractivity contribution is -0.125. The lowest BCUT2D eigenvalue weighted by Gasteiger charge is -2.32. The highest BCUT2D eigenvalue weighted by Crippen LogP contribution is 2.30. The van der Waals surface area contributed by atoms with Crippen molar-refractivity contribution in [1.29, 1.82) is 0 Å². The molecule has 1 fully saturated rings. The Labute approximate surface area is 215 Å².